The van der Waals surface area contributed by atoms with Crippen LogP contribution in [0, 0.1) is 5.92 Å². The summed E-state index contributed by atoms with van der Waals surface area (Å²) in [4.78, 5) is 14.7. The van der Waals surface area contributed by atoms with Crippen LogP contribution in [-0.2, 0) is 4.79 Å². The molecule has 1 aromatic carbocycles. The number of nitrogens with zero attached hydrogens (tertiary/aromatic N) is 1. The molecule has 2 aliphatic rings. The second kappa shape index (κ2) is 8.22. The topological polar surface area (TPSA) is 44.4 Å². The molecule has 1 unspecified atom stereocenters. The molecular formula is C17H25Cl2N3O. The largest absolute Gasteiger partial charge is 0.369 e. The lowest BCUT2D eigenvalue weighted by Gasteiger charge is -2.28. The Bertz CT molecular complexity index is 523. The SMILES string of the molecule is C[C@H]1C[C@@H](C(=O)NC2CCN(c3ccc(Cl)cc3)C2)CCN1.Cl. The van der Waals surface area contributed by atoms with Gasteiger partial charge < -0.3 is 15.5 Å². The summed E-state index contributed by atoms with van der Waals surface area (Å²) in [5.74, 6) is 0.400. The molecule has 23 heavy (non-hydrogen) atoms. The minimum atomic E-state index is 0. The van der Waals surface area contributed by atoms with E-state index in [2.05, 4.69) is 22.5 Å². The molecule has 3 atom stereocenters. The van der Waals surface area contributed by atoms with Crippen LogP contribution in [0.2, 0.25) is 5.02 Å². The van der Waals surface area contributed by atoms with E-state index in [4.69, 9.17) is 11.6 Å². The van der Waals surface area contributed by atoms with Crippen molar-refractivity contribution in [3.63, 3.8) is 0 Å². The number of nitrogens with one attached hydrogen (secondary N) is 2. The van der Waals surface area contributed by atoms with E-state index in [1.165, 1.54) is 5.69 Å². The zero-order valence-corrected chi connectivity index (χ0v) is 15.0. The number of halogens is 2. The highest BCUT2D eigenvalue weighted by Gasteiger charge is 2.29. The van der Waals surface area contributed by atoms with Crippen LogP contribution in [0.5, 0.6) is 0 Å². The monoisotopic (exact) mass is 357 g/mol. The standard InChI is InChI=1S/C17H24ClN3O.ClH/c1-12-10-13(6-8-19-12)17(22)20-15-7-9-21(11-15)16-4-2-14(18)3-5-16;/h2-5,12-13,15,19H,6-11H2,1H3,(H,20,22);1H/t12-,13-,15?;/m0./s1. The van der Waals surface area contributed by atoms with E-state index >= 15 is 0 Å². The van der Waals surface area contributed by atoms with Gasteiger partial charge in [0, 0.05) is 41.8 Å². The lowest BCUT2D eigenvalue weighted by Crippen LogP contribution is -2.46. The van der Waals surface area contributed by atoms with E-state index < -0.39 is 0 Å². The highest BCUT2D eigenvalue weighted by molar-refractivity contribution is 6.30. The lowest BCUT2D eigenvalue weighted by atomic mass is 9.92. The average Bonchev–Trinajstić information content (AvgIpc) is 2.96. The zero-order chi connectivity index (χ0) is 15.5. The first-order valence-electron chi connectivity index (χ1n) is 8.16. The minimum absolute atomic E-state index is 0. The maximum atomic E-state index is 12.4. The Balaban J connectivity index is 0.00000192. The highest BCUT2D eigenvalue weighted by Crippen LogP contribution is 2.23. The fourth-order valence-electron chi connectivity index (χ4n) is 3.45. The summed E-state index contributed by atoms with van der Waals surface area (Å²) in [6.07, 6.45) is 2.90. The quantitative estimate of drug-likeness (QED) is 0.873. The fourth-order valence-corrected chi connectivity index (χ4v) is 3.58. The first-order valence-corrected chi connectivity index (χ1v) is 8.54. The van der Waals surface area contributed by atoms with E-state index in [1.807, 2.05) is 24.3 Å². The molecule has 2 fully saturated rings. The first kappa shape index (κ1) is 18.4. The van der Waals surface area contributed by atoms with Crippen LogP contribution >= 0.6 is 24.0 Å². The lowest BCUT2D eigenvalue weighted by molar-refractivity contribution is -0.126. The molecule has 0 saturated carbocycles. The van der Waals surface area contributed by atoms with Gasteiger partial charge in [-0.3, -0.25) is 4.79 Å². The van der Waals surface area contributed by atoms with Crippen molar-refractivity contribution in [2.45, 2.75) is 38.3 Å². The van der Waals surface area contributed by atoms with Crippen LogP contribution in [0.15, 0.2) is 24.3 Å². The van der Waals surface area contributed by atoms with E-state index in [0.29, 0.717) is 6.04 Å². The second-order valence-corrected chi connectivity index (χ2v) is 6.93. The molecule has 1 aromatic rings. The van der Waals surface area contributed by atoms with E-state index in [9.17, 15) is 4.79 Å². The number of carbonyl (C=O) groups excluding carboxylic acids is 1. The van der Waals surface area contributed by atoms with Crippen LogP contribution in [0.25, 0.3) is 0 Å². The maximum absolute atomic E-state index is 12.4. The molecule has 0 radical (unpaired) electrons. The van der Waals surface area contributed by atoms with Gasteiger partial charge in [0.2, 0.25) is 5.91 Å². The molecule has 0 aromatic heterocycles. The predicted molar refractivity (Wildman–Crippen MR) is 97.6 cm³/mol. The predicted octanol–water partition coefficient (Wildman–Crippen LogP) is 2.84. The number of hydrogen-bond acceptors (Lipinski definition) is 3. The Kier molecular flexibility index (Phi) is 6.57. The molecule has 2 saturated heterocycles. The summed E-state index contributed by atoms with van der Waals surface area (Å²) in [6.45, 7) is 4.96. The molecule has 2 heterocycles. The third-order valence-corrected chi connectivity index (χ3v) is 4.97. The number of amides is 1. The number of benzene rings is 1. The van der Waals surface area contributed by atoms with Gasteiger partial charge in [0.25, 0.3) is 0 Å². The summed E-state index contributed by atoms with van der Waals surface area (Å²) in [5.41, 5.74) is 1.18. The van der Waals surface area contributed by atoms with Crippen molar-refractivity contribution in [2.75, 3.05) is 24.5 Å². The first-order chi connectivity index (χ1) is 10.6. The third-order valence-electron chi connectivity index (χ3n) is 4.72. The number of piperidine rings is 1. The van der Waals surface area contributed by atoms with Crippen LogP contribution < -0.4 is 15.5 Å². The van der Waals surface area contributed by atoms with Crippen molar-refractivity contribution >= 4 is 35.6 Å². The molecule has 4 nitrogen and oxygen atoms in total. The van der Waals surface area contributed by atoms with Gasteiger partial charge in [0.05, 0.1) is 0 Å². The molecule has 0 spiro atoms. The molecule has 6 heteroatoms. The molecule has 0 aliphatic carbocycles. The van der Waals surface area contributed by atoms with Gasteiger partial charge in [-0.05, 0) is 57.0 Å². The summed E-state index contributed by atoms with van der Waals surface area (Å²) in [6, 6.07) is 8.62. The number of rotatable bonds is 3. The normalized spacial score (nSPS) is 27.4. The number of anilines is 1. The van der Waals surface area contributed by atoms with Crippen LogP contribution in [0.1, 0.15) is 26.2 Å². The average molecular weight is 358 g/mol. The van der Waals surface area contributed by atoms with Gasteiger partial charge in [0.1, 0.15) is 0 Å². The Morgan fingerprint density at radius 3 is 2.74 bits per heavy atom. The summed E-state index contributed by atoms with van der Waals surface area (Å²) in [7, 11) is 0. The number of hydrogen-bond donors (Lipinski definition) is 2. The fraction of sp³-hybridized carbons (Fsp3) is 0.588. The van der Waals surface area contributed by atoms with E-state index in [0.717, 1.165) is 43.9 Å². The Hall–Kier alpha value is -0.970. The molecule has 3 rings (SSSR count). The second-order valence-electron chi connectivity index (χ2n) is 6.49. The minimum Gasteiger partial charge on any atom is -0.369 e. The van der Waals surface area contributed by atoms with Gasteiger partial charge in [-0.1, -0.05) is 11.6 Å². The Morgan fingerprint density at radius 1 is 1.30 bits per heavy atom. The van der Waals surface area contributed by atoms with Crippen molar-refractivity contribution in [2.24, 2.45) is 5.92 Å². The smallest absolute Gasteiger partial charge is 0.223 e. The molecule has 1 amide bonds. The van der Waals surface area contributed by atoms with Crippen molar-refractivity contribution in [3.8, 4) is 0 Å². The summed E-state index contributed by atoms with van der Waals surface area (Å²) < 4.78 is 0. The molecule has 2 N–H and O–H groups in total. The Labute approximate surface area is 149 Å². The van der Waals surface area contributed by atoms with Crippen molar-refractivity contribution in [3.05, 3.63) is 29.3 Å². The summed E-state index contributed by atoms with van der Waals surface area (Å²) >= 11 is 5.93. The van der Waals surface area contributed by atoms with Gasteiger partial charge in [0.15, 0.2) is 0 Å². The van der Waals surface area contributed by atoms with Gasteiger partial charge in [-0.15, -0.1) is 12.4 Å². The van der Waals surface area contributed by atoms with Crippen molar-refractivity contribution < 1.29 is 4.79 Å². The van der Waals surface area contributed by atoms with Crippen LogP contribution in [0.4, 0.5) is 5.69 Å². The molecule has 0 bridgehead atoms. The van der Waals surface area contributed by atoms with Crippen molar-refractivity contribution in [1.29, 1.82) is 0 Å². The maximum Gasteiger partial charge on any atom is 0.223 e. The Morgan fingerprint density at radius 2 is 2.04 bits per heavy atom. The van der Waals surface area contributed by atoms with Crippen LogP contribution in [-0.4, -0.2) is 37.6 Å². The van der Waals surface area contributed by atoms with E-state index in [1.54, 1.807) is 0 Å². The van der Waals surface area contributed by atoms with E-state index in [-0.39, 0.29) is 30.3 Å². The van der Waals surface area contributed by atoms with Gasteiger partial charge >= 0.3 is 0 Å². The zero-order valence-electron chi connectivity index (χ0n) is 13.4. The number of carbonyl (C=O) groups is 1. The highest BCUT2D eigenvalue weighted by atomic mass is 35.5. The molecular weight excluding hydrogens is 333 g/mol. The third kappa shape index (κ3) is 4.75. The summed E-state index contributed by atoms with van der Waals surface area (Å²) in [5, 5.41) is 7.40. The van der Waals surface area contributed by atoms with Crippen molar-refractivity contribution in [1.82, 2.24) is 10.6 Å². The molecule has 128 valence electrons. The molecule has 2 aliphatic heterocycles. The van der Waals surface area contributed by atoms with Gasteiger partial charge in [-0.2, -0.15) is 0 Å². The van der Waals surface area contributed by atoms with Crippen LogP contribution in [0.3, 0.4) is 0 Å². The van der Waals surface area contributed by atoms with Gasteiger partial charge in [-0.25, -0.2) is 0 Å².